The van der Waals surface area contributed by atoms with Gasteiger partial charge in [-0.1, -0.05) is 101 Å². The van der Waals surface area contributed by atoms with Gasteiger partial charge >= 0.3 is 6.09 Å². The first-order valence-corrected chi connectivity index (χ1v) is 11.1. The molecule has 0 bridgehead atoms. The lowest BCUT2D eigenvalue weighted by Crippen LogP contribution is -2.15. The maximum Gasteiger partial charge on any atom is 0.440 e. The summed E-state index contributed by atoms with van der Waals surface area (Å²) in [5.41, 5.74) is 3.03. The topological polar surface area (TPSA) is 58.9 Å². The number of aliphatic hydroxyl groups is 1. The second kappa shape index (κ2) is 11.2. The number of benzene rings is 3. The normalized spacial score (nSPS) is 13.3. The smallest absolute Gasteiger partial charge is 0.440 e. The van der Waals surface area contributed by atoms with Crippen molar-refractivity contribution >= 4 is 22.9 Å². The third-order valence-electron chi connectivity index (χ3n) is 4.32. The lowest BCUT2D eigenvalue weighted by molar-refractivity contribution is 0.151. The van der Waals surface area contributed by atoms with E-state index in [4.69, 9.17) is 4.74 Å². The van der Waals surface area contributed by atoms with Crippen LogP contribution in [0.15, 0.2) is 100 Å². The van der Waals surface area contributed by atoms with Gasteiger partial charge in [-0.2, -0.15) is 0 Å². The summed E-state index contributed by atoms with van der Waals surface area (Å²) in [5.74, 6) is 0.312. The highest BCUT2D eigenvalue weighted by Gasteiger charge is 2.11. The van der Waals surface area contributed by atoms with Gasteiger partial charge in [-0.25, -0.2) is 4.79 Å². The SMILES string of the molecule is Cc1ccc(/S(C[C@@H](O)/C=C\c2ccccc2)=N\C(=O)OCc2ccccc2)cc1. The first-order valence-electron chi connectivity index (χ1n) is 9.71. The van der Waals surface area contributed by atoms with Gasteiger partial charge in [0.2, 0.25) is 0 Å². The molecule has 2 atom stereocenters. The minimum Gasteiger partial charge on any atom is -0.443 e. The Morgan fingerprint density at radius 3 is 2.30 bits per heavy atom. The summed E-state index contributed by atoms with van der Waals surface area (Å²) in [7, 11) is -0.823. The zero-order chi connectivity index (χ0) is 21.2. The third kappa shape index (κ3) is 7.10. The van der Waals surface area contributed by atoms with Crippen LogP contribution in [0.3, 0.4) is 0 Å². The number of carbonyl (C=O) groups is 1. The molecule has 3 aromatic rings. The molecule has 0 aromatic heterocycles. The maximum absolute atomic E-state index is 12.3. The van der Waals surface area contributed by atoms with Gasteiger partial charge in [-0.15, -0.1) is 4.36 Å². The van der Waals surface area contributed by atoms with E-state index in [1.54, 1.807) is 6.08 Å². The standard InChI is InChI=1S/C25H25NO3S/c1-20-12-16-24(17-13-20)30(19-23(27)15-14-21-8-4-2-5-9-21)26-25(28)29-18-22-10-6-3-7-11-22/h2-17,23,27H,18-19H2,1H3/b15-14-/t23-,30?/m0/s1. The monoisotopic (exact) mass is 419 g/mol. The summed E-state index contributed by atoms with van der Waals surface area (Å²) < 4.78 is 9.58. The van der Waals surface area contributed by atoms with Crippen LogP contribution in [0.2, 0.25) is 0 Å². The van der Waals surface area contributed by atoms with Crippen LogP contribution < -0.4 is 0 Å². The van der Waals surface area contributed by atoms with E-state index in [-0.39, 0.29) is 6.61 Å². The summed E-state index contributed by atoms with van der Waals surface area (Å²) in [5, 5.41) is 10.5. The van der Waals surface area contributed by atoms with E-state index >= 15 is 0 Å². The van der Waals surface area contributed by atoms with Crippen LogP contribution in [0, 0.1) is 6.92 Å². The van der Waals surface area contributed by atoms with Crippen molar-refractivity contribution in [3.05, 3.63) is 108 Å². The molecular formula is C25H25NO3S. The van der Waals surface area contributed by atoms with E-state index in [9.17, 15) is 9.90 Å². The molecule has 0 radical (unpaired) electrons. The molecule has 5 heteroatoms. The van der Waals surface area contributed by atoms with Gasteiger partial charge in [0.15, 0.2) is 0 Å². The van der Waals surface area contributed by atoms with E-state index in [0.717, 1.165) is 21.6 Å². The van der Waals surface area contributed by atoms with Crippen molar-refractivity contribution in [2.45, 2.75) is 24.5 Å². The summed E-state index contributed by atoms with van der Waals surface area (Å²) in [6.45, 7) is 2.18. The van der Waals surface area contributed by atoms with Gasteiger partial charge in [-0.3, -0.25) is 0 Å². The molecule has 0 aliphatic carbocycles. The van der Waals surface area contributed by atoms with Crippen molar-refractivity contribution in [3.63, 3.8) is 0 Å². The molecule has 0 saturated heterocycles. The molecule has 3 aromatic carbocycles. The molecular weight excluding hydrogens is 394 g/mol. The molecule has 30 heavy (non-hydrogen) atoms. The van der Waals surface area contributed by atoms with Crippen LogP contribution in [-0.2, 0) is 22.0 Å². The fraction of sp³-hybridized carbons (Fsp3) is 0.160. The number of carbonyl (C=O) groups excluding carboxylic acids is 1. The number of hydrogen-bond acceptors (Lipinski definition) is 3. The van der Waals surface area contributed by atoms with Gasteiger partial charge in [0.1, 0.15) is 6.61 Å². The molecule has 0 heterocycles. The zero-order valence-electron chi connectivity index (χ0n) is 16.8. The predicted octanol–water partition coefficient (Wildman–Crippen LogP) is 5.57. The molecule has 1 amide bonds. The summed E-state index contributed by atoms with van der Waals surface area (Å²) in [6, 6.07) is 27.1. The number of ether oxygens (including phenoxy) is 1. The Kier molecular flexibility index (Phi) is 8.12. The number of aryl methyl sites for hydroxylation is 1. The van der Waals surface area contributed by atoms with E-state index in [2.05, 4.69) is 4.36 Å². The first kappa shape index (κ1) is 21.7. The van der Waals surface area contributed by atoms with E-state index in [1.165, 1.54) is 0 Å². The van der Waals surface area contributed by atoms with Crippen molar-refractivity contribution in [2.24, 2.45) is 4.36 Å². The molecule has 3 rings (SSSR count). The highest BCUT2D eigenvalue weighted by Crippen LogP contribution is 2.14. The van der Waals surface area contributed by atoms with E-state index in [1.807, 2.05) is 97.9 Å². The summed E-state index contributed by atoms with van der Waals surface area (Å²) in [6.07, 6.45) is 2.24. The average molecular weight is 420 g/mol. The van der Waals surface area contributed by atoms with Crippen LogP contribution in [0.1, 0.15) is 16.7 Å². The summed E-state index contributed by atoms with van der Waals surface area (Å²) in [4.78, 5) is 13.2. The van der Waals surface area contributed by atoms with Crippen LogP contribution >= 0.6 is 0 Å². The van der Waals surface area contributed by atoms with E-state index in [0.29, 0.717) is 5.75 Å². The Bertz CT molecular complexity index is 1000. The predicted molar refractivity (Wildman–Crippen MR) is 122 cm³/mol. The lowest BCUT2D eigenvalue weighted by atomic mass is 10.2. The Labute approximate surface area is 180 Å². The quantitative estimate of drug-likeness (QED) is 0.545. The number of amides is 1. The minimum absolute atomic E-state index is 0.171. The molecule has 4 nitrogen and oxygen atoms in total. The van der Waals surface area contributed by atoms with Gasteiger partial charge in [-0.05, 0) is 30.2 Å². The highest BCUT2D eigenvalue weighted by atomic mass is 32.2. The Balaban J connectivity index is 1.72. The van der Waals surface area contributed by atoms with Gasteiger partial charge < -0.3 is 9.84 Å². The average Bonchev–Trinajstić information content (AvgIpc) is 2.78. The fourth-order valence-electron chi connectivity index (χ4n) is 2.72. The highest BCUT2D eigenvalue weighted by molar-refractivity contribution is 7.87. The van der Waals surface area contributed by atoms with Crippen molar-refractivity contribution in [1.82, 2.24) is 0 Å². The third-order valence-corrected chi connectivity index (χ3v) is 6.16. The molecule has 154 valence electrons. The molecule has 0 aliphatic heterocycles. The fourth-order valence-corrected chi connectivity index (χ4v) is 4.21. The van der Waals surface area contributed by atoms with Crippen molar-refractivity contribution < 1.29 is 14.6 Å². The second-order valence-electron chi connectivity index (χ2n) is 6.81. The van der Waals surface area contributed by atoms with Crippen molar-refractivity contribution in [2.75, 3.05) is 5.75 Å². The first-order chi connectivity index (χ1) is 14.6. The maximum atomic E-state index is 12.3. The minimum atomic E-state index is -0.823. The van der Waals surface area contributed by atoms with Gasteiger partial charge in [0, 0.05) is 10.6 Å². The Morgan fingerprint density at radius 1 is 1.00 bits per heavy atom. The molecule has 1 N–H and O–H groups in total. The van der Waals surface area contributed by atoms with Crippen molar-refractivity contribution in [3.8, 4) is 0 Å². The number of rotatable bonds is 7. The second-order valence-corrected chi connectivity index (χ2v) is 8.53. The molecule has 0 spiro atoms. The van der Waals surface area contributed by atoms with Crippen LogP contribution in [0.5, 0.6) is 0 Å². The van der Waals surface area contributed by atoms with Crippen LogP contribution in [-0.4, -0.2) is 23.1 Å². The van der Waals surface area contributed by atoms with Gasteiger partial charge in [0.25, 0.3) is 0 Å². The Morgan fingerprint density at radius 2 is 1.63 bits per heavy atom. The zero-order valence-corrected chi connectivity index (χ0v) is 17.7. The van der Waals surface area contributed by atoms with E-state index < -0.39 is 22.9 Å². The summed E-state index contributed by atoms with van der Waals surface area (Å²) >= 11 is 0. The van der Waals surface area contributed by atoms with Crippen molar-refractivity contribution in [1.29, 1.82) is 0 Å². The Hall–Kier alpha value is -3.02. The largest absolute Gasteiger partial charge is 0.443 e. The molecule has 0 fully saturated rings. The van der Waals surface area contributed by atoms with Crippen LogP contribution in [0.25, 0.3) is 6.08 Å². The number of nitrogens with zero attached hydrogens (tertiary/aromatic N) is 1. The number of aliphatic hydroxyl groups excluding tert-OH is 1. The van der Waals surface area contributed by atoms with Gasteiger partial charge in [0.05, 0.1) is 6.10 Å². The number of hydrogen-bond donors (Lipinski definition) is 1. The lowest BCUT2D eigenvalue weighted by Gasteiger charge is -2.12. The van der Waals surface area contributed by atoms with Crippen LogP contribution in [0.4, 0.5) is 4.79 Å². The molecule has 0 saturated carbocycles. The molecule has 1 unspecified atom stereocenters. The molecule has 0 aliphatic rings.